The van der Waals surface area contributed by atoms with E-state index in [0.717, 1.165) is 16.6 Å². The topological polar surface area (TPSA) is 51.6 Å². The van der Waals surface area contributed by atoms with Gasteiger partial charge in [-0.2, -0.15) is 0 Å². The van der Waals surface area contributed by atoms with E-state index < -0.39 is 6.10 Å². The number of para-hydroxylation sites is 1. The number of aliphatic hydroxyl groups excluding tert-OH is 1. The van der Waals surface area contributed by atoms with Gasteiger partial charge in [0.1, 0.15) is 24.0 Å². The maximum Gasteiger partial charge on any atom is 0.145 e. The zero-order chi connectivity index (χ0) is 14.5. The molecule has 4 heteroatoms. The van der Waals surface area contributed by atoms with Gasteiger partial charge in [-0.05, 0) is 32.9 Å². The minimum Gasteiger partial charge on any atom is -0.489 e. The molecule has 0 bridgehead atoms. The molecule has 0 fully saturated rings. The molecule has 108 valence electrons. The maximum atomic E-state index is 9.82. The lowest BCUT2D eigenvalue weighted by atomic mass is 10.2. The molecule has 0 saturated heterocycles. The van der Waals surface area contributed by atoms with Crippen molar-refractivity contribution in [1.82, 2.24) is 4.98 Å². The summed E-state index contributed by atoms with van der Waals surface area (Å²) in [5, 5.41) is 10.8. The number of aliphatic hydroxyl groups is 1. The van der Waals surface area contributed by atoms with Gasteiger partial charge in [0.15, 0.2) is 0 Å². The predicted octanol–water partition coefficient (Wildman–Crippen LogP) is 2.71. The lowest BCUT2D eigenvalue weighted by Crippen LogP contribution is -2.25. The van der Waals surface area contributed by atoms with E-state index in [4.69, 9.17) is 9.47 Å². The molecule has 1 heterocycles. The van der Waals surface area contributed by atoms with Gasteiger partial charge in [-0.3, -0.25) is 0 Å². The number of fused-ring (bicyclic) bond motifs is 1. The van der Waals surface area contributed by atoms with Crippen LogP contribution in [0.5, 0.6) is 5.75 Å². The number of nitrogens with zero attached hydrogens (tertiary/aromatic N) is 1. The molecule has 1 aromatic carbocycles. The van der Waals surface area contributed by atoms with Crippen molar-refractivity contribution in [3.8, 4) is 5.75 Å². The molecule has 0 amide bonds. The second-order valence-electron chi connectivity index (χ2n) is 5.13. The van der Waals surface area contributed by atoms with Crippen molar-refractivity contribution in [3.05, 3.63) is 36.0 Å². The van der Waals surface area contributed by atoms with Crippen molar-refractivity contribution < 1.29 is 14.6 Å². The summed E-state index contributed by atoms with van der Waals surface area (Å²) in [6.07, 6.45) is -0.538. The number of pyridine rings is 1. The third-order valence-electron chi connectivity index (χ3n) is 2.88. The second kappa shape index (κ2) is 6.68. The number of aryl methyl sites for hydroxylation is 1. The fraction of sp³-hybridized carbons (Fsp3) is 0.438. The number of ether oxygens (including phenoxy) is 2. The predicted molar refractivity (Wildman–Crippen MR) is 79.1 cm³/mol. The Morgan fingerprint density at radius 3 is 2.70 bits per heavy atom. The summed E-state index contributed by atoms with van der Waals surface area (Å²) in [5.41, 5.74) is 1.77. The summed E-state index contributed by atoms with van der Waals surface area (Å²) in [5.74, 6) is 0.690. The molecule has 0 aliphatic carbocycles. The molecule has 0 aliphatic rings. The first kappa shape index (κ1) is 14.8. The molecule has 20 heavy (non-hydrogen) atoms. The van der Waals surface area contributed by atoms with Gasteiger partial charge in [0, 0.05) is 11.1 Å². The van der Waals surface area contributed by atoms with E-state index in [1.807, 2.05) is 51.1 Å². The molecule has 1 aromatic heterocycles. The van der Waals surface area contributed by atoms with Crippen LogP contribution in [0.2, 0.25) is 0 Å². The van der Waals surface area contributed by atoms with E-state index in [0.29, 0.717) is 5.75 Å². The largest absolute Gasteiger partial charge is 0.489 e. The van der Waals surface area contributed by atoms with Crippen LogP contribution in [0.15, 0.2) is 30.3 Å². The van der Waals surface area contributed by atoms with Gasteiger partial charge in [-0.1, -0.05) is 18.2 Å². The highest BCUT2D eigenvalue weighted by Crippen LogP contribution is 2.24. The number of hydrogen-bond acceptors (Lipinski definition) is 4. The van der Waals surface area contributed by atoms with Crippen LogP contribution in [-0.4, -0.2) is 35.5 Å². The Hall–Kier alpha value is -1.65. The van der Waals surface area contributed by atoms with E-state index in [-0.39, 0.29) is 19.3 Å². The van der Waals surface area contributed by atoms with Crippen molar-refractivity contribution in [1.29, 1.82) is 0 Å². The van der Waals surface area contributed by atoms with Gasteiger partial charge in [0.25, 0.3) is 0 Å². The molecule has 0 spiro atoms. The molecule has 0 saturated carbocycles. The van der Waals surface area contributed by atoms with E-state index in [1.54, 1.807) is 0 Å². The van der Waals surface area contributed by atoms with Crippen molar-refractivity contribution in [3.63, 3.8) is 0 Å². The molecule has 1 N–H and O–H groups in total. The summed E-state index contributed by atoms with van der Waals surface area (Å²) < 4.78 is 11.0. The van der Waals surface area contributed by atoms with Crippen LogP contribution in [0.4, 0.5) is 0 Å². The minimum absolute atomic E-state index is 0.103. The smallest absolute Gasteiger partial charge is 0.145 e. The van der Waals surface area contributed by atoms with Crippen molar-refractivity contribution in [2.75, 3.05) is 13.2 Å². The van der Waals surface area contributed by atoms with Crippen molar-refractivity contribution >= 4 is 10.9 Å². The molecule has 0 radical (unpaired) electrons. The third kappa shape index (κ3) is 3.92. The lowest BCUT2D eigenvalue weighted by molar-refractivity contribution is -0.0121. The van der Waals surface area contributed by atoms with Gasteiger partial charge in [-0.15, -0.1) is 0 Å². The fourth-order valence-electron chi connectivity index (χ4n) is 1.87. The lowest BCUT2D eigenvalue weighted by Gasteiger charge is -2.15. The number of hydrogen-bond donors (Lipinski definition) is 1. The molecule has 2 aromatic rings. The summed E-state index contributed by atoms with van der Waals surface area (Å²) in [6, 6.07) is 9.77. The molecule has 4 nitrogen and oxygen atoms in total. The molecular weight excluding hydrogens is 254 g/mol. The van der Waals surface area contributed by atoms with Gasteiger partial charge >= 0.3 is 0 Å². The first-order chi connectivity index (χ1) is 9.56. The SMILES string of the molecule is Cc1ccc2cccc(OCC(O)COC(C)C)c2n1. The van der Waals surface area contributed by atoms with Crippen molar-refractivity contribution in [2.45, 2.75) is 33.0 Å². The molecule has 0 aliphatic heterocycles. The standard InChI is InChI=1S/C16H21NO3/c1-11(2)19-9-14(18)10-20-15-6-4-5-13-8-7-12(3)17-16(13)15/h4-8,11,14,18H,9-10H2,1-3H3. The quantitative estimate of drug-likeness (QED) is 0.880. The summed E-state index contributed by atoms with van der Waals surface area (Å²) in [6.45, 7) is 6.29. The van der Waals surface area contributed by atoms with Crippen LogP contribution in [0.1, 0.15) is 19.5 Å². The first-order valence-corrected chi connectivity index (χ1v) is 6.85. The Labute approximate surface area is 119 Å². The Morgan fingerprint density at radius 1 is 1.15 bits per heavy atom. The van der Waals surface area contributed by atoms with E-state index in [1.165, 1.54) is 0 Å². The van der Waals surface area contributed by atoms with Crippen LogP contribution in [0, 0.1) is 6.92 Å². The minimum atomic E-state index is -0.641. The highest BCUT2D eigenvalue weighted by Gasteiger charge is 2.09. The van der Waals surface area contributed by atoms with Gasteiger partial charge in [-0.25, -0.2) is 4.98 Å². The average Bonchev–Trinajstić information content (AvgIpc) is 2.42. The van der Waals surface area contributed by atoms with E-state index in [2.05, 4.69) is 4.98 Å². The van der Waals surface area contributed by atoms with Gasteiger partial charge in [0.05, 0.1) is 12.7 Å². The van der Waals surface area contributed by atoms with Crippen LogP contribution in [-0.2, 0) is 4.74 Å². The first-order valence-electron chi connectivity index (χ1n) is 6.85. The Morgan fingerprint density at radius 2 is 1.95 bits per heavy atom. The highest BCUT2D eigenvalue weighted by molar-refractivity contribution is 5.84. The van der Waals surface area contributed by atoms with Crippen LogP contribution < -0.4 is 4.74 Å². The summed E-state index contributed by atoms with van der Waals surface area (Å²) >= 11 is 0. The highest BCUT2D eigenvalue weighted by atomic mass is 16.5. The molecule has 1 unspecified atom stereocenters. The van der Waals surface area contributed by atoms with Crippen molar-refractivity contribution in [2.24, 2.45) is 0 Å². The average molecular weight is 275 g/mol. The summed E-state index contributed by atoms with van der Waals surface area (Å²) in [7, 11) is 0. The monoisotopic (exact) mass is 275 g/mol. The normalized spacial score (nSPS) is 12.8. The van der Waals surface area contributed by atoms with E-state index >= 15 is 0 Å². The Kier molecular flexibility index (Phi) is 4.93. The Balaban J connectivity index is 2.04. The van der Waals surface area contributed by atoms with E-state index in [9.17, 15) is 5.11 Å². The third-order valence-corrected chi connectivity index (χ3v) is 2.88. The van der Waals surface area contributed by atoms with Crippen LogP contribution >= 0.6 is 0 Å². The zero-order valence-electron chi connectivity index (χ0n) is 12.2. The fourth-order valence-corrected chi connectivity index (χ4v) is 1.87. The van der Waals surface area contributed by atoms with Crippen LogP contribution in [0.25, 0.3) is 10.9 Å². The molecular formula is C16H21NO3. The number of aromatic nitrogens is 1. The molecule has 2 rings (SSSR count). The molecule has 1 atom stereocenters. The number of rotatable bonds is 6. The van der Waals surface area contributed by atoms with Gasteiger partial charge < -0.3 is 14.6 Å². The van der Waals surface area contributed by atoms with Gasteiger partial charge in [0.2, 0.25) is 0 Å². The number of benzene rings is 1. The zero-order valence-corrected chi connectivity index (χ0v) is 12.2. The maximum absolute atomic E-state index is 9.82. The Bertz CT molecular complexity index is 569. The van der Waals surface area contributed by atoms with Crippen LogP contribution in [0.3, 0.4) is 0 Å². The summed E-state index contributed by atoms with van der Waals surface area (Å²) in [4.78, 5) is 4.49. The second-order valence-corrected chi connectivity index (χ2v) is 5.13.